The van der Waals surface area contributed by atoms with E-state index in [1.807, 2.05) is 55.4 Å². The van der Waals surface area contributed by atoms with Gasteiger partial charge in [0.2, 0.25) is 0 Å². The van der Waals surface area contributed by atoms with Gasteiger partial charge in [0.25, 0.3) is 0 Å². The Morgan fingerprint density at radius 1 is 0.296 bits per heavy atom. The van der Waals surface area contributed by atoms with E-state index in [4.69, 9.17) is 0 Å². The van der Waals surface area contributed by atoms with Gasteiger partial charge in [0.05, 0.1) is 0 Å². The molecule has 0 radical (unpaired) electrons. The highest BCUT2D eigenvalue weighted by atomic mass is 13.6. The minimum Gasteiger partial charge on any atom is -0.106 e. The average molecular weight is 397 g/mol. The molecule has 0 aliphatic carbocycles. The SMILES string of the molecule is C=C.CC.CC.CC.CC.CCC.CCC.CCC.CCCC.CCCC. The molecule has 180 valence electrons. The van der Waals surface area contributed by atoms with Crippen LogP contribution in [-0.2, 0) is 0 Å². The third-order valence-corrected chi connectivity index (χ3v) is 1.000. The summed E-state index contributed by atoms with van der Waals surface area (Å²) in [5.41, 5.74) is 0. The molecule has 0 nitrogen and oxygen atoms in total. The van der Waals surface area contributed by atoms with Crippen molar-refractivity contribution in [1.29, 1.82) is 0 Å². The molecule has 0 spiro atoms. The summed E-state index contributed by atoms with van der Waals surface area (Å²) in [6.45, 7) is 43.5. The summed E-state index contributed by atoms with van der Waals surface area (Å²) >= 11 is 0. The normalized spacial score (nSPS) is 5.26. The lowest BCUT2D eigenvalue weighted by atomic mass is 10.4. The standard InChI is InChI=1S/2C4H10.3C3H8.4C2H6.C2H4/c2*1-3-4-2;3*1-3-2;5*1-2/h2*3-4H2,1-2H3;3*3H2,1-2H3;4*1-2H3;1-2H2. The van der Waals surface area contributed by atoms with E-state index in [1.165, 1.54) is 44.9 Å². The summed E-state index contributed by atoms with van der Waals surface area (Å²) in [6.07, 6.45) is 9.03. The molecule has 0 unspecified atom stereocenters. The van der Waals surface area contributed by atoms with Gasteiger partial charge < -0.3 is 0 Å². The molecule has 0 aromatic heterocycles. The Balaban J connectivity index is -0.0000000151. The van der Waals surface area contributed by atoms with Crippen LogP contribution in [0.5, 0.6) is 0 Å². The van der Waals surface area contributed by atoms with Crippen molar-refractivity contribution in [3.8, 4) is 0 Å². The molecular weight excluding hydrogens is 324 g/mol. The molecule has 0 heterocycles. The number of rotatable bonds is 2. The number of hydrogen-bond acceptors (Lipinski definition) is 0. The van der Waals surface area contributed by atoms with E-state index in [0.717, 1.165) is 0 Å². The van der Waals surface area contributed by atoms with Crippen molar-refractivity contribution in [1.82, 2.24) is 0 Å². The van der Waals surface area contributed by atoms with Crippen LogP contribution in [0.3, 0.4) is 0 Å². The highest BCUT2D eigenvalue weighted by molar-refractivity contribution is 4.22. The van der Waals surface area contributed by atoms with Crippen molar-refractivity contribution in [3.05, 3.63) is 13.2 Å². The molecule has 0 aliphatic rings. The smallest absolute Gasteiger partial charge is 0.0564 e. The van der Waals surface area contributed by atoms with Gasteiger partial charge in [-0.2, -0.15) is 0 Å². The fourth-order valence-electron chi connectivity index (χ4n) is 0. The maximum absolute atomic E-state index is 3.00. The third kappa shape index (κ3) is 4790. The van der Waals surface area contributed by atoms with Crippen LogP contribution in [-0.4, -0.2) is 0 Å². The van der Waals surface area contributed by atoms with Crippen LogP contribution < -0.4 is 0 Å². The Hall–Kier alpha value is -0.260. The molecule has 0 heteroatoms. The van der Waals surface area contributed by atoms with E-state index >= 15 is 0 Å². The molecule has 0 aliphatic heterocycles. The van der Waals surface area contributed by atoms with Crippen LogP contribution in [0.2, 0.25) is 0 Å². The monoisotopic (exact) mass is 397 g/mol. The van der Waals surface area contributed by atoms with Gasteiger partial charge in [-0.25, -0.2) is 0 Å². The van der Waals surface area contributed by atoms with Gasteiger partial charge in [0, 0.05) is 0 Å². The lowest BCUT2D eigenvalue weighted by molar-refractivity contribution is 0.886. The molecule has 0 atom stereocenters. The van der Waals surface area contributed by atoms with Crippen molar-refractivity contribution in [2.45, 2.75) is 170 Å². The number of hydrogen-bond donors (Lipinski definition) is 0. The second kappa shape index (κ2) is 347. The molecule has 0 saturated heterocycles. The predicted octanol–water partition coefficient (Wildman–Crippen LogP) is 12.8. The first-order valence-corrected chi connectivity index (χ1v) is 12.6. The number of unbranched alkanes of at least 4 members (excludes halogenated alkanes) is 2. The first-order valence-electron chi connectivity index (χ1n) is 12.6. The van der Waals surface area contributed by atoms with Crippen LogP contribution in [0.1, 0.15) is 170 Å². The second-order valence-electron chi connectivity index (χ2n) is 4.12. The van der Waals surface area contributed by atoms with E-state index < -0.39 is 0 Å². The highest BCUT2D eigenvalue weighted by Gasteiger charge is 1.56. The van der Waals surface area contributed by atoms with Gasteiger partial charge >= 0.3 is 0 Å². The Kier molecular flexibility index (Phi) is 812. The molecule has 0 amide bonds. The average Bonchev–Trinajstić information content (AvgIpc) is 2.77. The summed E-state index contributed by atoms with van der Waals surface area (Å²) in [5, 5.41) is 0. The fourth-order valence-corrected chi connectivity index (χ4v) is 0. The largest absolute Gasteiger partial charge is 0.106 e. The highest BCUT2D eigenvalue weighted by Crippen LogP contribution is 1.77. The van der Waals surface area contributed by atoms with Crippen molar-refractivity contribution in [2.24, 2.45) is 0 Å². The van der Waals surface area contributed by atoms with Crippen molar-refractivity contribution in [2.75, 3.05) is 0 Å². The molecule has 0 saturated carbocycles. The fraction of sp³-hybridized carbons (Fsp3) is 0.926. The van der Waals surface area contributed by atoms with Gasteiger partial charge in [-0.1, -0.05) is 170 Å². The quantitative estimate of drug-likeness (QED) is 0.407. The van der Waals surface area contributed by atoms with E-state index in [0.29, 0.717) is 0 Å². The molecule has 27 heavy (non-hydrogen) atoms. The molecular formula is C27H72. The molecule has 0 fully saturated rings. The van der Waals surface area contributed by atoms with Gasteiger partial charge in [-0.15, -0.1) is 13.2 Å². The first-order chi connectivity index (χ1) is 13.1. The van der Waals surface area contributed by atoms with Crippen LogP contribution >= 0.6 is 0 Å². The van der Waals surface area contributed by atoms with E-state index in [-0.39, 0.29) is 0 Å². The zero-order chi connectivity index (χ0) is 24.9. The maximum atomic E-state index is 3.00. The topological polar surface area (TPSA) is 0 Å². The van der Waals surface area contributed by atoms with Crippen LogP contribution in [0.25, 0.3) is 0 Å². The Labute approximate surface area is 183 Å². The Morgan fingerprint density at radius 2 is 0.333 bits per heavy atom. The summed E-state index contributed by atoms with van der Waals surface area (Å²) < 4.78 is 0. The Bertz CT molecular complexity index is 35.2. The minimum atomic E-state index is 1.25. The van der Waals surface area contributed by atoms with Gasteiger partial charge in [-0.05, 0) is 0 Å². The van der Waals surface area contributed by atoms with Crippen molar-refractivity contribution >= 4 is 0 Å². The van der Waals surface area contributed by atoms with Crippen LogP contribution in [0.15, 0.2) is 13.2 Å². The summed E-state index contributed by atoms with van der Waals surface area (Å²) in [6, 6.07) is 0. The summed E-state index contributed by atoms with van der Waals surface area (Å²) in [5.74, 6) is 0. The molecule has 0 rings (SSSR count). The second-order valence-corrected chi connectivity index (χ2v) is 4.12. The Morgan fingerprint density at radius 3 is 0.333 bits per heavy atom. The van der Waals surface area contributed by atoms with E-state index in [1.54, 1.807) is 0 Å². The third-order valence-electron chi connectivity index (χ3n) is 1.000. The lowest BCUT2D eigenvalue weighted by Gasteiger charge is -1.68. The van der Waals surface area contributed by atoms with Gasteiger partial charge in [0.15, 0.2) is 0 Å². The molecule has 0 aromatic rings. The predicted molar refractivity (Wildman–Crippen MR) is 146 cm³/mol. The van der Waals surface area contributed by atoms with E-state index in [9.17, 15) is 0 Å². The maximum Gasteiger partial charge on any atom is -0.0564 e. The van der Waals surface area contributed by atoms with Gasteiger partial charge in [0.1, 0.15) is 0 Å². The van der Waals surface area contributed by atoms with E-state index in [2.05, 4.69) is 82.4 Å². The van der Waals surface area contributed by atoms with Crippen molar-refractivity contribution in [3.63, 3.8) is 0 Å². The molecule has 0 aromatic carbocycles. The zero-order valence-corrected chi connectivity index (χ0v) is 24.4. The molecule has 0 bridgehead atoms. The zero-order valence-electron chi connectivity index (χ0n) is 24.4. The van der Waals surface area contributed by atoms with Crippen molar-refractivity contribution < 1.29 is 0 Å². The minimum absolute atomic E-state index is 1.25. The van der Waals surface area contributed by atoms with Crippen LogP contribution in [0, 0.1) is 0 Å². The van der Waals surface area contributed by atoms with Crippen LogP contribution in [0.4, 0.5) is 0 Å². The molecule has 0 N–H and O–H groups in total. The lowest BCUT2D eigenvalue weighted by Crippen LogP contribution is -1.47. The first kappa shape index (κ1) is 63.2. The summed E-state index contributed by atoms with van der Waals surface area (Å²) in [7, 11) is 0. The summed E-state index contributed by atoms with van der Waals surface area (Å²) in [4.78, 5) is 0. The van der Waals surface area contributed by atoms with Gasteiger partial charge in [-0.3, -0.25) is 0 Å².